The number of nitrogens with zero attached hydrogens (tertiary/aromatic N) is 10. The van der Waals surface area contributed by atoms with E-state index >= 15 is 0 Å². The SMILES string of the molecule is Cc1ncsc1-c1ccc(CNC(=O)[C@@H]2C[C@H](O)CN2C(=O)[C@@H](NC(=O)CCCCCN2CCN(c3ccc(C#Cc4ccc(C5CCN(C6=Nn7c(nnc7C(F)(F)F)CC6)CC5)cc4)cn3)CC2)C(C)(C)C)cc1. The second kappa shape index (κ2) is 23.7. The summed E-state index contributed by atoms with van der Waals surface area (Å²) < 4.78 is 41.1. The quantitative estimate of drug-likeness (QED) is 0.0771. The van der Waals surface area contributed by atoms with Crippen LogP contribution >= 0.6 is 11.3 Å². The summed E-state index contributed by atoms with van der Waals surface area (Å²) in [5, 5.41) is 27.9. The normalized spacial score (nSPS) is 18.9. The van der Waals surface area contributed by atoms with Crippen LogP contribution in [0.15, 0.2) is 77.5 Å². The Balaban J connectivity index is 0.662. The Morgan fingerprint density at radius 1 is 0.842 bits per heavy atom. The molecule has 20 heteroatoms. The molecule has 7 heterocycles. The molecule has 402 valence electrons. The highest BCUT2D eigenvalue weighted by atomic mass is 32.1. The number of β-amino-alcohol motifs (C(OH)–C–C–N with tert-alkyl or cyclic N) is 1. The number of halogens is 3. The van der Waals surface area contributed by atoms with Crippen LogP contribution < -0.4 is 15.5 Å². The highest BCUT2D eigenvalue weighted by Crippen LogP contribution is 2.33. The number of aryl methyl sites for hydroxylation is 2. The van der Waals surface area contributed by atoms with Crippen LogP contribution in [-0.4, -0.2) is 139 Å². The molecule has 16 nitrogen and oxygen atoms in total. The number of hydrogen-bond acceptors (Lipinski definition) is 13. The number of amides is 3. The van der Waals surface area contributed by atoms with Gasteiger partial charge < -0.3 is 30.4 Å². The number of aromatic nitrogens is 5. The number of unbranched alkanes of at least 4 members (excludes halogenated alkanes) is 2. The smallest absolute Gasteiger partial charge is 0.391 e. The summed E-state index contributed by atoms with van der Waals surface area (Å²) in [5.74, 6) is 6.67. The van der Waals surface area contributed by atoms with Crippen LogP contribution in [0.4, 0.5) is 19.0 Å². The van der Waals surface area contributed by atoms with E-state index < -0.39 is 35.6 Å². The van der Waals surface area contributed by atoms with E-state index in [9.17, 15) is 32.7 Å². The zero-order valence-corrected chi connectivity index (χ0v) is 44.5. The Hall–Kier alpha value is -6.69. The number of hydrogen-bond donors (Lipinski definition) is 3. The van der Waals surface area contributed by atoms with Gasteiger partial charge in [0.25, 0.3) is 5.82 Å². The molecule has 0 unspecified atom stereocenters. The van der Waals surface area contributed by atoms with E-state index in [0.717, 1.165) is 102 Å². The van der Waals surface area contributed by atoms with Gasteiger partial charge in [0, 0.05) is 95.4 Å². The molecule has 3 aromatic heterocycles. The highest BCUT2D eigenvalue weighted by molar-refractivity contribution is 7.13. The molecule has 0 spiro atoms. The summed E-state index contributed by atoms with van der Waals surface area (Å²) in [4.78, 5) is 59.3. The first-order valence-electron chi connectivity index (χ1n) is 26.4. The van der Waals surface area contributed by atoms with Crippen LogP contribution in [0.2, 0.25) is 0 Å². The number of likely N-dealkylation sites (tertiary alicyclic amines) is 2. The predicted octanol–water partition coefficient (Wildman–Crippen LogP) is 7.00. The second-order valence-corrected chi connectivity index (χ2v) is 22.2. The lowest BCUT2D eigenvalue weighted by atomic mass is 9.85. The van der Waals surface area contributed by atoms with E-state index in [1.165, 1.54) is 10.5 Å². The number of pyridine rings is 1. The van der Waals surface area contributed by atoms with Gasteiger partial charge in [0.1, 0.15) is 23.7 Å². The van der Waals surface area contributed by atoms with Gasteiger partial charge in [0.2, 0.25) is 17.7 Å². The largest absolute Gasteiger partial charge is 0.453 e. The number of thiazole rings is 1. The topological polar surface area (TPSA) is 177 Å². The van der Waals surface area contributed by atoms with Crippen molar-refractivity contribution in [2.75, 3.05) is 57.3 Å². The summed E-state index contributed by atoms with van der Waals surface area (Å²) in [6.45, 7) is 13.8. The van der Waals surface area contributed by atoms with E-state index in [1.54, 1.807) is 11.3 Å². The summed E-state index contributed by atoms with van der Waals surface area (Å²) in [6, 6.07) is 18.6. The first-order chi connectivity index (χ1) is 36.5. The monoisotopic (exact) mass is 1060 g/mol. The Morgan fingerprint density at radius 3 is 2.24 bits per heavy atom. The fourth-order valence-corrected chi connectivity index (χ4v) is 11.3. The summed E-state index contributed by atoms with van der Waals surface area (Å²) in [5.41, 5.74) is 7.09. The number of fused-ring (bicyclic) bond motifs is 1. The van der Waals surface area contributed by atoms with Crippen LogP contribution in [-0.2, 0) is 33.5 Å². The predicted molar refractivity (Wildman–Crippen MR) is 285 cm³/mol. The van der Waals surface area contributed by atoms with E-state index in [4.69, 9.17) is 4.98 Å². The van der Waals surface area contributed by atoms with Crippen molar-refractivity contribution in [2.24, 2.45) is 10.5 Å². The van der Waals surface area contributed by atoms with Crippen molar-refractivity contribution in [3.05, 3.63) is 112 Å². The maximum Gasteiger partial charge on any atom is 0.453 e. The average molecular weight is 1060 g/mol. The zero-order valence-electron chi connectivity index (χ0n) is 43.7. The van der Waals surface area contributed by atoms with E-state index in [-0.39, 0.29) is 49.5 Å². The summed E-state index contributed by atoms with van der Waals surface area (Å²) in [6.07, 6.45) is 1.96. The Labute approximate surface area is 446 Å². The van der Waals surface area contributed by atoms with Crippen molar-refractivity contribution in [1.82, 2.24) is 50.2 Å². The lowest BCUT2D eigenvalue weighted by Gasteiger charge is -2.35. The molecule has 0 bridgehead atoms. The molecular formula is C56H67F3N12O4S. The minimum absolute atomic E-state index is 0.0247. The van der Waals surface area contributed by atoms with Crippen molar-refractivity contribution in [3.63, 3.8) is 0 Å². The minimum Gasteiger partial charge on any atom is -0.391 e. The number of nitrogens with one attached hydrogen (secondary N) is 2. The first kappa shape index (κ1) is 54.1. The van der Waals surface area contributed by atoms with Gasteiger partial charge in [-0.25, -0.2) is 9.97 Å². The summed E-state index contributed by atoms with van der Waals surface area (Å²) >= 11 is 1.58. The number of carbonyl (C=O) groups excluding carboxylic acids is 3. The molecule has 9 rings (SSSR count). The van der Waals surface area contributed by atoms with Crippen LogP contribution in [0.1, 0.15) is 118 Å². The maximum absolute atomic E-state index is 14.1. The standard InChI is InChI=1S/C56H67F3N12O4S/c1-37-50(76-36-62-37)43-18-13-40(14-19-43)34-61-52(74)45-32-44(72)35-70(45)53(75)51(55(2,3)4)63-49(73)8-6-5-7-25-67-28-30-69(31-29-67)46-20-15-39(33-60-46)10-9-38-11-16-41(17-12-38)42-23-26-68(27-24-42)48-22-21-47-64-65-54(56(57,58)59)71(47)66-48/h11-20,33,36,42,44-45,51,72H,5-8,21-32,34-35H2,1-4H3,(H,61,74)(H,63,73)/t44-,45-,51+/m0/s1. The molecular weight excluding hydrogens is 994 g/mol. The average Bonchev–Trinajstić information content (AvgIpc) is 4.18. The van der Waals surface area contributed by atoms with E-state index in [0.29, 0.717) is 44.1 Å². The van der Waals surface area contributed by atoms with Crippen molar-refractivity contribution >= 4 is 40.7 Å². The molecule has 0 aliphatic carbocycles. The number of aliphatic hydroxyl groups excluding tert-OH is 1. The third kappa shape index (κ3) is 13.3. The highest BCUT2D eigenvalue weighted by Gasteiger charge is 2.45. The van der Waals surface area contributed by atoms with Gasteiger partial charge in [-0.05, 0) is 91.4 Å². The molecule has 3 fully saturated rings. The number of aliphatic hydroxyl groups is 1. The third-order valence-electron chi connectivity index (χ3n) is 14.9. The van der Waals surface area contributed by atoms with E-state index in [2.05, 4.69) is 69.6 Å². The number of anilines is 1. The van der Waals surface area contributed by atoms with Crippen LogP contribution in [0.3, 0.4) is 0 Å². The van der Waals surface area contributed by atoms with Crippen LogP contribution in [0, 0.1) is 24.2 Å². The molecule has 4 aliphatic rings. The van der Waals surface area contributed by atoms with Gasteiger partial charge in [-0.15, -0.1) is 21.5 Å². The lowest BCUT2D eigenvalue weighted by Crippen LogP contribution is -2.57. The maximum atomic E-state index is 14.1. The van der Waals surface area contributed by atoms with Crippen LogP contribution in [0.5, 0.6) is 0 Å². The van der Waals surface area contributed by atoms with Gasteiger partial charge in [0.05, 0.1) is 22.2 Å². The van der Waals surface area contributed by atoms with Gasteiger partial charge in [0.15, 0.2) is 5.82 Å². The minimum atomic E-state index is -4.61. The van der Waals surface area contributed by atoms with Crippen molar-refractivity contribution in [3.8, 4) is 22.3 Å². The van der Waals surface area contributed by atoms with Gasteiger partial charge in [-0.3, -0.25) is 19.3 Å². The van der Waals surface area contributed by atoms with Crippen molar-refractivity contribution < 1.29 is 32.7 Å². The van der Waals surface area contributed by atoms with Crippen molar-refractivity contribution in [2.45, 2.75) is 122 Å². The molecule has 0 radical (unpaired) electrons. The third-order valence-corrected chi connectivity index (χ3v) is 15.9. The first-order valence-corrected chi connectivity index (χ1v) is 27.3. The number of amidine groups is 1. The Kier molecular flexibility index (Phi) is 16.9. The molecule has 3 N–H and O–H groups in total. The Morgan fingerprint density at radius 2 is 1.57 bits per heavy atom. The molecule has 0 saturated carbocycles. The van der Waals surface area contributed by atoms with Gasteiger partial charge >= 0.3 is 6.18 Å². The summed E-state index contributed by atoms with van der Waals surface area (Å²) in [7, 11) is 0. The van der Waals surface area contributed by atoms with Crippen LogP contribution in [0.25, 0.3) is 10.4 Å². The van der Waals surface area contributed by atoms with Crippen molar-refractivity contribution in [1.29, 1.82) is 0 Å². The van der Waals surface area contributed by atoms with Gasteiger partial charge in [-0.1, -0.05) is 75.4 Å². The second-order valence-electron chi connectivity index (χ2n) is 21.4. The van der Waals surface area contributed by atoms with E-state index in [1.807, 2.05) is 87.9 Å². The molecule has 3 atom stereocenters. The molecule has 2 aromatic carbocycles. The number of rotatable bonds is 14. The molecule has 5 aromatic rings. The van der Waals surface area contributed by atoms with Gasteiger partial charge in [-0.2, -0.15) is 22.9 Å². The molecule has 76 heavy (non-hydrogen) atoms. The number of alkyl halides is 3. The zero-order chi connectivity index (χ0) is 53.6. The lowest BCUT2D eigenvalue weighted by molar-refractivity contribution is -0.147. The molecule has 3 saturated heterocycles. The number of piperazine rings is 1. The molecule has 3 amide bonds. The fraction of sp³-hybridized carbons (Fsp3) is 0.500. The molecule has 4 aliphatic heterocycles. The fourth-order valence-electron chi connectivity index (χ4n) is 10.5. The number of carbonyl (C=O) groups is 3. The number of benzene rings is 2. The number of piperidine rings is 1. The Bertz CT molecular complexity index is 2910.